The second-order valence-corrected chi connectivity index (χ2v) is 4.27. The van der Waals surface area contributed by atoms with Crippen LogP contribution in [0.25, 0.3) is 0 Å². The van der Waals surface area contributed by atoms with Gasteiger partial charge in [-0.3, -0.25) is 5.01 Å². The van der Waals surface area contributed by atoms with Crippen LogP contribution >= 0.6 is 15.9 Å². The van der Waals surface area contributed by atoms with E-state index < -0.39 is 0 Å². The summed E-state index contributed by atoms with van der Waals surface area (Å²) >= 11 is 3.34. The van der Waals surface area contributed by atoms with Crippen LogP contribution in [0.15, 0.2) is 22.7 Å². The minimum atomic E-state index is -0.224. The van der Waals surface area contributed by atoms with Gasteiger partial charge in [-0.25, -0.2) is 9.82 Å². The van der Waals surface area contributed by atoms with Crippen LogP contribution in [-0.2, 0) is 0 Å². The zero-order chi connectivity index (χ0) is 10.7. The highest BCUT2D eigenvalue weighted by Crippen LogP contribution is 2.23. The molecule has 1 aromatic carbocycles. The zero-order valence-corrected chi connectivity index (χ0v) is 10.1. The normalized spacial score (nSPS) is 13.3. The summed E-state index contributed by atoms with van der Waals surface area (Å²) in [6.45, 7) is 2.03. The lowest BCUT2D eigenvalue weighted by Gasteiger charge is -2.20. The topological polar surface area (TPSA) is 15.3 Å². The molecule has 0 aromatic heterocycles. The Bertz CT molecular complexity index is 315. The van der Waals surface area contributed by atoms with E-state index in [0.717, 1.165) is 10.0 Å². The van der Waals surface area contributed by atoms with E-state index in [2.05, 4.69) is 21.4 Å². The van der Waals surface area contributed by atoms with Crippen molar-refractivity contribution in [1.29, 1.82) is 0 Å². The minimum absolute atomic E-state index is 0.153. The van der Waals surface area contributed by atoms with Gasteiger partial charge in [-0.1, -0.05) is 22.0 Å². The maximum Gasteiger partial charge on any atom is 0.124 e. The number of halogens is 2. The van der Waals surface area contributed by atoms with Crippen molar-refractivity contribution in [3.63, 3.8) is 0 Å². The standard InChI is InChI=1S/C10H14BrFN2/c1-7(13-14(2)3)9-5-4-8(12)6-10(9)11/h4-7,13H,1-3H3. The fourth-order valence-corrected chi connectivity index (χ4v) is 2.00. The second-order valence-electron chi connectivity index (χ2n) is 3.41. The summed E-state index contributed by atoms with van der Waals surface area (Å²) in [6, 6.07) is 4.87. The summed E-state index contributed by atoms with van der Waals surface area (Å²) in [7, 11) is 3.85. The Hall–Kier alpha value is -0.450. The van der Waals surface area contributed by atoms with Crippen molar-refractivity contribution >= 4 is 15.9 Å². The van der Waals surface area contributed by atoms with Crippen LogP contribution in [0, 0.1) is 5.82 Å². The molecule has 2 nitrogen and oxygen atoms in total. The highest BCUT2D eigenvalue weighted by Gasteiger charge is 2.09. The monoisotopic (exact) mass is 260 g/mol. The molecule has 0 saturated carbocycles. The number of hydrogen-bond donors (Lipinski definition) is 1. The molecule has 4 heteroatoms. The molecule has 0 heterocycles. The fraction of sp³-hybridized carbons (Fsp3) is 0.400. The predicted molar refractivity (Wildman–Crippen MR) is 59.3 cm³/mol. The van der Waals surface area contributed by atoms with Crippen LogP contribution in [0.3, 0.4) is 0 Å². The van der Waals surface area contributed by atoms with Crippen molar-refractivity contribution < 1.29 is 4.39 Å². The van der Waals surface area contributed by atoms with Crippen molar-refractivity contribution in [2.24, 2.45) is 0 Å². The zero-order valence-electron chi connectivity index (χ0n) is 8.51. The third-order valence-corrected chi connectivity index (χ3v) is 2.57. The van der Waals surface area contributed by atoms with Gasteiger partial charge in [-0.15, -0.1) is 0 Å². The molecule has 0 aliphatic carbocycles. The van der Waals surface area contributed by atoms with E-state index in [-0.39, 0.29) is 11.9 Å². The molecular formula is C10H14BrFN2. The lowest BCUT2D eigenvalue weighted by atomic mass is 10.1. The SMILES string of the molecule is CC(NN(C)C)c1ccc(F)cc1Br. The van der Waals surface area contributed by atoms with Gasteiger partial charge in [0, 0.05) is 24.6 Å². The number of hydrazine groups is 1. The Morgan fingerprint density at radius 3 is 2.57 bits per heavy atom. The Morgan fingerprint density at radius 2 is 2.07 bits per heavy atom. The van der Waals surface area contributed by atoms with Gasteiger partial charge in [0.1, 0.15) is 5.82 Å². The van der Waals surface area contributed by atoms with Gasteiger partial charge in [-0.05, 0) is 24.6 Å². The molecule has 0 saturated heterocycles. The quantitative estimate of drug-likeness (QED) is 0.841. The molecule has 0 amide bonds. The summed E-state index contributed by atoms with van der Waals surface area (Å²) in [6.07, 6.45) is 0. The Balaban J connectivity index is 2.84. The van der Waals surface area contributed by atoms with Crippen LogP contribution < -0.4 is 5.43 Å². The van der Waals surface area contributed by atoms with Crippen molar-refractivity contribution in [3.8, 4) is 0 Å². The first-order valence-corrected chi connectivity index (χ1v) is 5.18. The summed E-state index contributed by atoms with van der Waals surface area (Å²) in [5.74, 6) is -0.224. The summed E-state index contributed by atoms with van der Waals surface area (Å²) in [5.41, 5.74) is 4.24. The minimum Gasteiger partial charge on any atom is -0.250 e. The van der Waals surface area contributed by atoms with Crippen molar-refractivity contribution in [2.75, 3.05) is 14.1 Å². The van der Waals surface area contributed by atoms with Crippen molar-refractivity contribution in [1.82, 2.24) is 10.4 Å². The maximum atomic E-state index is 12.8. The number of nitrogens with one attached hydrogen (secondary N) is 1. The number of rotatable bonds is 3. The van der Waals surface area contributed by atoms with Gasteiger partial charge in [-0.2, -0.15) is 0 Å². The number of benzene rings is 1. The molecule has 1 aromatic rings. The molecule has 0 radical (unpaired) electrons. The first-order chi connectivity index (χ1) is 6.50. The van der Waals surface area contributed by atoms with Gasteiger partial charge in [0.05, 0.1) is 0 Å². The van der Waals surface area contributed by atoms with Gasteiger partial charge < -0.3 is 0 Å². The first-order valence-electron chi connectivity index (χ1n) is 4.39. The molecule has 0 fully saturated rings. The third-order valence-electron chi connectivity index (χ3n) is 1.88. The Labute approximate surface area is 92.2 Å². The highest BCUT2D eigenvalue weighted by atomic mass is 79.9. The molecule has 78 valence electrons. The molecule has 1 N–H and O–H groups in total. The fourth-order valence-electron chi connectivity index (χ4n) is 1.31. The summed E-state index contributed by atoms with van der Waals surface area (Å²) in [5, 5.41) is 1.88. The molecule has 1 unspecified atom stereocenters. The number of hydrogen-bond acceptors (Lipinski definition) is 2. The van der Waals surface area contributed by atoms with Gasteiger partial charge in [0.15, 0.2) is 0 Å². The van der Waals surface area contributed by atoms with E-state index in [1.165, 1.54) is 12.1 Å². The van der Waals surface area contributed by atoms with E-state index in [1.807, 2.05) is 26.0 Å². The second kappa shape index (κ2) is 4.87. The Kier molecular flexibility index (Phi) is 4.04. The molecule has 0 bridgehead atoms. The molecule has 0 spiro atoms. The summed E-state index contributed by atoms with van der Waals surface area (Å²) < 4.78 is 13.6. The maximum absolute atomic E-state index is 12.8. The molecule has 0 aliphatic rings. The lowest BCUT2D eigenvalue weighted by Crippen LogP contribution is -2.32. The third kappa shape index (κ3) is 3.04. The number of nitrogens with zero attached hydrogens (tertiary/aromatic N) is 1. The predicted octanol–water partition coefficient (Wildman–Crippen LogP) is 2.72. The Morgan fingerprint density at radius 1 is 1.43 bits per heavy atom. The molecular weight excluding hydrogens is 247 g/mol. The van der Waals surface area contributed by atoms with Gasteiger partial charge in [0.25, 0.3) is 0 Å². The average molecular weight is 261 g/mol. The van der Waals surface area contributed by atoms with E-state index >= 15 is 0 Å². The van der Waals surface area contributed by atoms with Crippen molar-refractivity contribution in [3.05, 3.63) is 34.1 Å². The molecule has 14 heavy (non-hydrogen) atoms. The largest absolute Gasteiger partial charge is 0.250 e. The first kappa shape index (κ1) is 11.6. The molecule has 1 atom stereocenters. The summed E-state index contributed by atoms with van der Waals surface area (Å²) in [4.78, 5) is 0. The van der Waals surface area contributed by atoms with Crippen LogP contribution in [0.1, 0.15) is 18.5 Å². The smallest absolute Gasteiger partial charge is 0.124 e. The molecule has 1 rings (SSSR count). The van der Waals surface area contributed by atoms with Crippen LogP contribution in [-0.4, -0.2) is 19.1 Å². The lowest BCUT2D eigenvalue weighted by molar-refractivity contribution is 0.251. The molecule has 0 aliphatic heterocycles. The van der Waals surface area contributed by atoms with E-state index in [9.17, 15) is 4.39 Å². The van der Waals surface area contributed by atoms with Crippen LogP contribution in [0.2, 0.25) is 0 Å². The average Bonchev–Trinajstić information content (AvgIpc) is 2.01. The van der Waals surface area contributed by atoms with E-state index in [4.69, 9.17) is 0 Å². The van der Waals surface area contributed by atoms with Crippen molar-refractivity contribution in [2.45, 2.75) is 13.0 Å². The van der Waals surface area contributed by atoms with Crippen LogP contribution in [0.4, 0.5) is 4.39 Å². The highest BCUT2D eigenvalue weighted by molar-refractivity contribution is 9.10. The van der Waals surface area contributed by atoms with Gasteiger partial charge >= 0.3 is 0 Å². The van der Waals surface area contributed by atoms with Crippen LogP contribution in [0.5, 0.6) is 0 Å². The van der Waals surface area contributed by atoms with Gasteiger partial charge in [0.2, 0.25) is 0 Å². The van der Waals surface area contributed by atoms with E-state index in [1.54, 1.807) is 6.07 Å². The van der Waals surface area contributed by atoms with E-state index in [0.29, 0.717) is 0 Å².